The van der Waals surface area contributed by atoms with Gasteiger partial charge in [0.2, 0.25) is 0 Å². The van der Waals surface area contributed by atoms with Gasteiger partial charge in [-0.2, -0.15) is 0 Å². The van der Waals surface area contributed by atoms with E-state index in [9.17, 15) is 4.79 Å². The summed E-state index contributed by atoms with van der Waals surface area (Å²) in [5, 5.41) is 8.66. The molecule has 16 heavy (non-hydrogen) atoms. The first-order valence-electron chi connectivity index (χ1n) is 5.20. The summed E-state index contributed by atoms with van der Waals surface area (Å²) >= 11 is 0. The molecule has 0 bridgehead atoms. The number of ether oxygens (including phenoxy) is 1. The summed E-state index contributed by atoms with van der Waals surface area (Å²) in [7, 11) is 0. The van der Waals surface area contributed by atoms with E-state index < -0.39 is 6.09 Å². The average Bonchev–Trinajstić information content (AvgIpc) is 2.23. The summed E-state index contributed by atoms with van der Waals surface area (Å²) in [6.07, 6.45) is 2.55. The zero-order valence-corrected chi connectivity index (χ0v) is 9.04. The molecule has 1 atom stereocenters. The molecule has 1 N–H and O–H groups in total. The van der Waals surface area contributed by atoms with Gasteiger partial charge in [-0.05, 0) is 24.6 Å². The summed E-state index contributed by atoms with van der Waals surface area (Å²) in [5.74, 6) is 0. The van der Waals surface area contributed by atoms with E-state index in [1.54, 1.807) is 12.4 Å². The SMILES string of the molecule is CC(OC1CN(C(=O)O)C1)c1ccncc1. The van der Waals surface area contributed by atoms with Gasteiger partial charge in [0.25, 0.3) is 0 Å². The fraction of sp³-hybridized carbons (Fsp3) is 0.455. The summed E-state index contributed by atoms with van der Waals surface area (Å²) in [5.41, 5.74) is 1.06. The third-order valence-corrected chi connectivity index (χ3v) is 2.69. The average molecular weight is 222 g/mol. The van der Waals surface area contributed by atoms with E-state index >= 15 is 0 Å². The Bertz CT molecular complexity index is 363. The second kappa shape index (κ2) is 4.49. The van der Waals surface area contributed by atoms with Crippen molar-refractivity contribution >= 4 is 6.09 Å². The van der Waals surface area contributed by atoms with Crippen molar-refractivity contribution < 1.29 is 14.6 Å². The van der Waals surface area contributed by atoms with Crippen molar-refractivity contribution in [3.05, 3.63) is 30.1 Å². The van der Waals surface area contributed by atoms with Crippen LogP contribution >= 0.6 is 0 Å². The summed E-state index contributed by atoms with van der Waals surface area (Å²) < 4.78 is 5.72. The van der Waals surface area contributed by atoms with Crippen molar-refractivity contribution in [1.29, 1.82) is 0 Å². The molecule has 0 aromatic carbocycles. The Balaban J connectivity index is 1.82. The van der Waals surface area contributed by atoms with E-state index in [-0.39, 0.29) is 12.2 Å². The Kier molecular flexibility index (Phi) is 3.05. The maximum atomic E-state index is 10.5. The first-order chi connectivity index (χ1) is 7.66. The maximum absolute atomic E-state index is 10.5. The smallest absolute Gasteiger partial charge is 0.407 e. The molecule has 1 amide bonds. The molecule has 86 valence electrons. The van der Waals surface area contributed by atoms with Crippen LogP contribution in [0.1, 0.15) is 18.6 Å². The lowest BCUT2D eigenvalue weighted by molar-refractivity contribution is -0.0782. The largest absolute Gasteiger partial charge is 0.465 e. The van der Waals surface area contributed by atoms with Crippen molar-refractivity contribution in [3.63, 3.8) is 0 Å². The lowest BCUT2D eigenvalue weighted by Crippen LogP contribution is -2.54. The Labute approximate surface area is 93.7 Å². The number of rotatable bonds is 3. The molecule has 1 saturated heterocycles. The van der Waals surface area contributed by atoms with Crippen LogP contribution in [0.3, 0.4) is 0 Å². The van der Waals surface area contributed by atoms with Gasteiger partial charge in [0.15, 0.2) is 0 Å². The van der Waals surface area contributed by atoms with Crippen LogP contribution in [0.5, 0.6) is 0 Å². The zero-order chi connectivity index (χ0) is 11.5. The highest BCUT2D eigenvalue weighted by molar-refractivity contribution is 5.66. The predicted molar refractivity (Wildman–Crippen MR) is 57.1 cm³/mol. The lowest BCUT2D eigenvalue weighted by atomic mass is 10.1. The monoisotopic (exact) mass is 222 g/mol. The standard InChI is InChI=1S/C11H14N2O3/c1-8(9-2-4-12-5-3-9)16-10-6-13(7-10)11(14)15/h2-5,8,10H,6-7H2,1H3,(H,14,15). The summed E-state index contributed by atoms with van der Waals surface area (Å²) in [6.45, 7) is 2.88. The van der Waals surface area contributed by atoms with Gasteiger partial charge in [0.1, 0.15) is 0 Å². The Morgan fingerprint density at radius 3 is 2.75 bits per heavy atom. The van der Waals surface area contributed by atoms with Crippen LogP contribution in [0.15, 0.2) is 24.5 Å². The topological polar surface area (TPSA) is 62.7 Å². The maximum Gasteiger partial charge on any atom is 0.407 e. The highest BCUT2D eigenvalue weighted by Crippen LogP contribution is 2.22. The Morgan fingerprint density at radius 1 is 1.56 bits per heavy atom. The fourth-order valence-corrected chi connectivity index (χ4v) is 1.68. The molecule has 1 aromatic rings. The van der Waals surface area contributed by atoms with Crippen LogP contribution in [0.25, 0.3) is 0 Å². The Hall–Kier alpha value is -1.62. The predicted octanol–water partition coefficient (Wildman–Crippen LogP) is 1.52. The number of nitrogens with zero attached hydrogens (tertiary/aromatic N) is 2. The minimum absolute atomic E-state index is 0.0132. The molecule has 1 aliphatic heterocycles. The van der Waals surface area contributed by atoms with Gasteiger partial charge in [-0.15, -0.1) is 0 Å². The second-order valence-electron chi connectivity index (χ2n) is 3.87. The van der Waals surface area contributed by atoms with Gasteiger partial charge in [-0.25, -0.2) is 4.79 Å². The second-order valence-corrected chi connectivity index (χ2v) is 3.87. The van der Waals surface area contributed by atoms with Crippen LogP contribution in [-0.4, -0.2) is 40.3 Å². The molecule has 5 nitrogen and oxygen atoms in total. The van der Waals surface area contributed by atoms with Crippen LogP contribution in [-0.2, 0) is 4.74 Å². The molecule has 0 aliphatic carbocycles. The van der Waals surface area contributed by atoms with E-state index in [0.29, 0.717) is 13.1 Å². The number of hydrogen-bond donors (Lipinski definition) is 1. The molecule has 1 fully saturated rings. The molecule has 1 aromatic heterocycles. The normalized spacial score (nSPS) is 17.9. The molecular weight excluding hydrogens is 208 g/mol. The third-order valence-electron chi connectivity index (χ3n) is 2.69. The molecule has 0 spiro atoms. The van der Waals surface area contributed by atoms with Gasteiger partial charge >= 0.3 is 6.09 Å². The number of pyridine rings is 1. The molecule has 1 unspecified atom stereocenters. The Morgan fingerprint density at radius 2 is 2.19 bits per heavy atom. The van der Waals surface area contributed by atoms with E-state index in [2.05, 4.69) is 4.98 Å². The van der Waals surface area contributed by atoms with Crippen molar-refractivity contribution in [2.45, 2.75) is 19.1 Å². The fourth-order valence-electron chi connectivity index (χ4n) is 1.68. The van der Waals surface area contributed by atoms with Crippen LogP contribution in [0.4, 0.5) is 4.79 Å². The van der Waals surface area contributed by atoms with E-state index in [4.69, 9.17) is 9.84 Å². The van der Waals surface area contributed by atoms with Crippen LogP contribution < -0.4 is 0 Å². The van der Waals surface area contributed by atoms with Crippen molar-refractivity contribution in [2.75, 3.05) is 13.1 Å². The molecular formula is C11H14N2O3. The zero-order valence-electron chi connectivity index (χ0n) is 9.04. The highest BCUT2D eigenvalue weighted by atomic mass is 16.5. The summed E-state index contributed by atoms with van der Waals surface area (Å²) in [6, 6.07) is 3.80. The highest BCUT2D eigenvalue weighted by Gasteiger charge is 2.32. The van der Waals surface area contributed by atoms with Crippen molar-refractivity contribution in [2.24, 2.45) is 0 Å². The molecule has 2 heterocycles. The van der Waals surface area contributed by atoms with Gasteiger partial charge in [-0.3, -0.25) is 4.98 Å². The van der Waals surface area contributed by atoms with E-state index in [1.165, 1.54) is 4.90 Å². The minimum atomic E-state index is -0.878. The first-order valence-corrected chi connectivity index (χ1v) is 5.20. The van der Waals surface area contributed by atoms with Crippen molar-refractivity contribution in [3.8, 4) is 0 Å². The third kappa shape index (κ3) is 2.30. The number of carboxylic acid groups (broad SMARTS) is 1. The molecule has 2 rings (SSSR count). The number of aromatic nitrogens is 1. The number of hydrogen-bond acceptors (Lipinski definition) is 3. The molecule has 5 heteroatoms. The quantitative estimate of drug-likeness (QED) is 0.842. The lowest BCUT2D eigenvalue weighted by Gasteiger charge is -2.38. The number of likely N-dealkylation sites (tertiary alicyclic amines) is 1. The van der Waals surface area contributed by atoms with E-state index in [0.717, 1.165) is 5.56 Å². The van der Waals surface area contributed by atoms with Crippen LogP contribution in [0, 0.1) is 0 Å². The van der Waals surface area contributed by atoms with Gasteiger partial charge in [-0.1, -0.05) is 0 Å². The molecule has 1 aliphatic rings. The minimum Gasteiger partial charge on any atom is -0.465 e. The van der Waals surface area contributed by atoms with Crippen molar-refractivity contribution in [1.82, 2.24) is 9.88 Å². The van der Waals surface area contributed by atoms with Gasteiger partial charge in [0.05, 0.1) is 25.3 Å². The number of carbonyl (C=O) groups is 1. The molecule has 0 radical (unpaired) electrons. The van der Waals surface area contributed by atoms with Gasteiger partial charge < -0.3 is 14.7 Å². The summed E-state index contributed by atoms with van der Waals surface area (Å²) in [4.78, 5) is 15.8. The van der Waals surface area contributed by atoms with Gasteiger partial charge in [0, 0.05) is 12.4 Å². The van der Waals surface area contributed by atoms with E-state index in [1.807, 2.05) is 19.1 Å². The first kappa shape index (κ1) is 10.9. The number of amides is 1. The molecule has 0 saturated carbocycles. The van der Waals surface area contributed by atoms with Crippen LogP contribution in [0.2, 0.25) is 0 Å².